The Balaban J connectivity index is 1.35. The quantitative estimate of drug-likeness (QED) is 0.324. The third kappa shape index (κ3) is 6.86. The Hall–Kier alpha value is 0.01000. The van der Waals surface area contributed by atoms with E-state index in [4.69, 9.17) is 4.98 Å². The van der Waals surface area contributed by atoms with E-state index in [1.165, 1.54) is 141 Å². The molecule has 1 nitrogen and oxygen atoms in total. The largest absolute Gasteiger partial charge is 0.261 e. The van der Waals surface area contributed by atoms with Gasteiger partial charge in [-0.25, -0.2) is 0 Å². The maximum atomic E-state index is 5.18. The highest BCUT2D eigenvalue weighted by Crippen LogP contribution is 2.60. The second-order valence-corrected chi connectivity index (χ2v) is 17.7. The van der Waals surface area contributed by atoms with Crippen molar-refractivity contribution in [2.75, 3.05) is 0 Å². The lowest BCUT2D eigenvalue weighted by atomic mass is 9.99. The Morgan fingerprint density at radius 3 is 1.32 bits per heavy atom. The van der Waals surface area contributed by atoms with Crippen LogP contribution in [0.4, 0.5) is 0 Å². The highest BCUT2D eigenvalue weighted by atomic mass is 31.1. The molecule has 0 amide bonds. The van der Waals surface area contributed by atoms with E-state index < -0.39 is 0 Å². The molecule has 1 aromatic heterocycles. The third-order valence-electron chi connectivity index (χ3n) is 9.84. The maximum Gasteiger partial charge on any atom is 0.0482 e. The number of hydrogen-bond donors (Lipinski definition) is 0. The van der Waals surface area contributed by atoms with Gasteiger partial charge in [0.05, 0.1) is 0 Å². The van der Waals surface area contributed by atoms with Crippen molar-refractivity contribution in [2.24, 2.45) is 0 Å². The van der Waals surface area contributed by atoms with Gasteiger partial charge in [0.2, 0.25) is 0 Å². The molecule has 1 aromatic rings. The van der Waals surface area contributed by atoms with Crippen LogP contribution >= 0.6 is 15.8 Å². The summed E-state index contributed by atoms with van der Waals surface area (Å²) in [5.41, 5.74) is 7.45. The summed E-state index contributed by atoms with van der Waals surface area (Å²) >= 11 is 0. The molecule has 0 aliphatic heterocycles. The number of rotatable bonds is 8. The van der Waals surface area contributed by atoms with Crippen molar-refractivity contribution in [3.63, 3.8) is 0 Å². The number of pyridine rings is 1. The minimum Gasteiger partial charge on any atom is -0.261 e. The number of hydrogen-bond acceptors (Lipinski definition) is 1. The Bertz CT molecular complexity index is 615. The Labute approximate surface area is 213 Å². The molecule has 0 spiro atoms. The van der Waals surface area contributed by atoms with Gasteiger partial charge in [0, 0.05) is 18.1 Å². The van der Waals surface area contributed by atoms with Gasteiger partial charge in [-0.15, -0.1) is 0 Å². The molecule has 0 saturated heterocycles. The SMILES string of the molecule is c1cnc(CP(C2CCCCC2)C2CCCCC2)c(CP(C2CCCCC2)C2CCCCC2)c1. The van der Waals surface area contributed by atoms with Crippen molar-refractivity contribution in [1.29, 1.82) is 0 Å². The molecule has 0 N–H and O–H groups in total. The molecule has 4 fully saturated rings. The molecule has 4 saturated carbocycles. The zero-order valence-electron chi connectivity index (χ0n) is 21.9. The summed E-state index contributed by atoms with van der Waals surface area (Å²) in [5, 5.41) is 0. The van der Waals surface area contributed by atoms with Crippen molar-refractivity contribution in [2.45, 2.75) is 163 Å². The van der Waals surface area contributed by atoms with Gasteiger partial charge in [-0.1, -0.05) is 99.0 Å². The molecule has 4 aliphatic carbocycles. The van der Waals surface area contributed by atoms with E-state index >= 15 is 0 Å². The molecular formula is C31H51NP2. The summed E-state index contributed by atoms with van der Waals surface area (Å²) in [7, 11) is 0.225. The Morgan fingerprint density at radius 1 is 0.529 bits per heavy atom. The van der Waals surface area contributed by atoms with Crippen molar-refractivity contribution in [3.05, 3.63) is 29.6 Å². The van der Waals surface area contributed by atoms with Gasteiger partial charge >= 0.3 is 0 Å². The first-order chi connectivity index (χ1) is 16.9. The number of aromatic nitrogens is 1. The predicted octanol–water partition coefficient (Wildman–Crippen LogP) is 10.4. The molecular weight excluding hydrogens is 448 g/mol. The minimum absolute atomic E-state index is 0.101. The molecule has 0 bridgehead atoms. The zero-order valence-corrected chi connectivity index (χ0v) is 23.7. The van der Waals surface area contributed by atoms with Crippen LogP contribution in [0.2, 0.25) is 0 Å². The zero-order chi connectivity index (χ0) is 23.0. The Kier molecular flexibility index (Phi) is 10.2. The fourth-order valence-electron chi connectivity index (χ4n) is 7.89. The molecule has 4 aliphatic rings. The highest BCUT2D eigenvalue weighted by molar-refractivity contribution is 7.58. The lowest BCUT2D eigenvalue weighted by molar-refractivity contribution is 0.483. The van der Waals surface area contributed by atoms with Crippen LogP contribution < -0.4 is 0 Å². The van der Waals surface area contributed by atoms with E-state index in [1.807, 2.05) is 0 Å². The van der Waals surface area contributed by atoms with Crippen LogP contribution in [0.1, 0.15) is 140 Å². The topological polar surface area (TPSA) is 12.9 Å². The van der Waals surface area contributed by atoms with Crippen LogP contribution in [0.5, 0.6) is 0 Å². The lowest BCUT2D eigenvalue weighted by Crippen LogP contribution is -2.23. The molecule has 5 rings (SSSR count). The van der Waals surface area contributed by atoms with Crippen molar-refractivity contribution >= 4 is 15.8 Å². The molecule has 0 atom stereocenters. The van der Waals surface area contributed by atoms with Gasteiger partial charge in [0.1, 0.15) is 0 Å². The minimum atomic E-state index is 0.101. The van der Waals surface area contributed by atoms with Crippen LogP contribution in [0.3, 0.4) is 0 Å². The van der Waals surface area contributed by atoms with E-state index in [0.29, 0.717) is 0 Å². The van der Waals surface area contributed by atoms with Gasteiger partial charge in [-0.3, -0.25) is 4.98 Å². The smallest absolute Gasteiger partial charge is 0.0482 e. The van der Waals surface area contributed by atoms with Gasteiger partial charge < -0.3 is 0 Å². The first-order valence-corrected chi connectivity index (χ1v) is 18.7. The van der Waals surface area contributed by atoms with Crippen LogP contribution in [-0.2, 0) is 12.3 Å². The summed E-state index contributed by atoms with van der Waals surface area (Å²) in [6.45, 7) is 0. The fourth-order valence-corrected chi connectivity index (χ4v) is 15.5. The molecule has 3 heteroatoms. The first kappa shape index (κ1) is 25.7. The van der Waals surface area contributed by atoms with Crippen molar-refractivity contribution in [3.8, 4) is 0 Å². The molecule has 190 valence electrons. The summed E-state index contributed by atoms with van der Waals surface area (Å²) in [6.07, 6.45) is 35.2. The standard InChI is InChI=1S/C31H51NP2/c1-5-15-27(16-6-1)33(28-17-7-2-8-18-28)24-26-14-13-23-32-31(26)25-34(29-19-9-3-10-20-29)30-21-11-4-12-22-30/h13-14,23,27-30H,1-12,15-22,24-25H2. The molecule has 1 heterocycles. The van der Waals surface area contributed by atoms with E-state index in [1.54, 1.807) is 11.3 Å². The van der Waals surface area contributed by atoms with E-state index in [0.717, 1.165) is 22.6 Å². The van der Waals surface area contributed by atoms with Gasteiger partial charge in [-0.05, 0) is 91.8 Å². The monoisotopic (exact) mass is 499 g/mol. The Morgan fingerprint density at radius 2 is 0.912 bits per heavy atom. The van der Waals surface area contributed by atoms with Crippen LogP contribution in [0, 0.1) is 0 Å². The average molecular weight is 500 g/mol. The van der Waals surface area contributed by atoms with Crippen molar-refractivity contribution < 1.29 is 0 Å². The van der Waals surface area contributed by atoms with Crippen LogP contribution in [0.25, 0.3) is 0 Å². The predicted molar refractivity (Wildman–Crippen MR) is 153 cm³/mol. The summed E-state index contributed by atoms with van der Waals surface area (Å²) in [4.78, 5) is 5.18. The molecule has 0 radical (unpaired) electrons. The lowest BCUT2D eigenvalue weighted by Gasteiger charge is -2.40. The van der Waals surface area contributed by atoms with E-state index in [-0.39, 0.29) is 15.8 Å². The number of nitrogens with zero attached hydrogens (tertiary/aromatic N) is 1. The highest BCUT2D eigenvalue weighted by Gasteiger charge is 2.34. The normalized spacial score (nSPS) is 24.8. The average Bonchev–Trinajstić information content (AvgIpc) is 2.93. The summed E-state index contributed by atoms with van der Waals surface area (Å²) < 4.78 is 0. The third-order valence-corrected chi connectivity index (χ3v) is 17.0. The maximum absolute atomic E-state index is 5.18. The molecule has 0 unspecified atom stereocenters. The second-order valence-electron chi connectivity index (χ2n) is 12.1. The van der Waals surface area contributed by atoms with E-state index in [2.05, 4.69) is 18.3 Å². The van der Waals surface area contributed by atoms with Gasteiger partial charge in [-0.2, -0.15) is 0 Å². The van der Waals surface area contributed by atoms with E-state index in [9.17, 15) is 0 Å². The molecule has 34 heavy (non-hydrogen) atoms. The summed E-state index contributed by atoms with van der Waals surface area (Å²) in [5.74, 6) is 0. The van der Waals surface area contributed by atoms with Crippen LogP contribution in [0.15, 0.2) is 18.3 Å². The van der Waals surface area contributed by atoms with Gasteiger partial charge in [0.25, 0.3) is 0 Å². The second kappa shape index (κ2) is 13.5. The summed E-state index contributed by atoms with van der Waals surface area (Å²) in [6, 6.07) is 4.80. The molecule has 0 aromatic carbocycles. The fraction of sp³-hybridized carbons (Fsp3) is 0.839. The van der Waals surface area contributed by atoms with Gasteiger partial charge in [0.15, 0.2) is 0 Å². The van der Waals surface area contributed by atoms with Crippen LogP contribution in [-0.4, -0.2) is 27.6 Å². The van der Waals surface area contributed by atoms with Crippen molar-refractivity contribution in [1.82, 2.24) is 4.98 Å². The first-order valence-electron chi connectivity index (χ1n) is 15.3.